The lowest BCUT2D eigenvalue weighted by molar-refractivity contribution is 0.947. The minimum Gasteiger partial charge on any atom is -0.0835 e. The van der Waals surface area contributed by atoms with Crippen LogP contribution in [0.1, 0.15) is 21.5 Å². The second-order valence-electron chi connectivity index (χ2n) is 4.21. The van der Waals surface area contributed by atoms with E-state index in [0.717, 1.165) is 10.9 Å². The van der Waals surface area contributed by atoms with E-state index in [1.54, 1.807) is 0 Å². The summed E-state index contributed by atoms with van der Waals surface area (Å²) in [4.78, 5) is 0.373. The maximum atomic E-state index is 3.76. The first-order valence-corrected chi connectivity index (χ1v) is 7.31. The number of halogens is 2. The lowest BCUT2D eigenvalue weighted by Gasteiger charge is -2.11. The molecule has 2 rings (SSSR count). The number of rotatable bonds is 3. The van der Waals surface area contributed by atoms with Crippen molar-refractivity contribution in [2.75, 3.05) is 0 Å². The second-order valence-corrected chi connectivity index (χ2v) is 6.23. The van der Waals surface area contributed by atoms with Gasteiger partial charge in [-0.1, -0.05) is 73.8 Å². The first-order chi connectivity index (χ1) is 8.15. The van der Waals surface area contributed by atoms with Crippen molar-refractivity contribution in [2.45, 2.75) is 18.2 Å². The lowest BCUT2D eigenvalue weighted by Crippen LogP contribution is -1.95. The monoisotopic (exact) mass is 352 g/mol. The van der Waals surface area contributed by atoms with Gasteiger partial charge in [-0.05, 0) is 36.6 Å². The minimum absolute atomic E-state index is 0.373. The number of benzene rings is 2. The Hall–Kier alpha value is -0.600. The van der Waals surface area contributed by atoms with Crippen LogP contribution >= 0.6 is 31.9 Å². The Morgan fingerprint density at radius 1 is 1.06 bits per heavy atom. The fourth-order valence-corrected chi connectivity index (χ4v) is 2.89. The molecule has 0 spiro atoms. The smallest absolute Gasteiger partial charge is 0.0435 e. The fourth-order valence-electron chi connectivity index (χ4n) is 1.76. The van der Waals surface area contributed by atoms with Crippen LogP contribution in [0, 0.1) is 6.92 Å². The summed E-state index contributed by atoms with van der Waals surface area (Å²) >= 11 is 7.26. The highest BCUT2D eigenvalue weighted by atomic mass is 79.9. The predicted octanol–water partition coefficient (Wildman–Crippen LogP) is 5.44. The molecule has 0 bridgehead atoms. The average Bonchev–Trinajstić information content (AvgIpc) is 2.29. The third-order valence-electron chi connectivity index (χ3n) is 2.74. The molecule has 0 aromatic heterocycles. The summed E-state index contributed by atoms with van der Waals surface area (Å²) in [6.45, 7) is 2.11. The zero-order valence-corrected chi connectivity index (χ0v) is 12.8. The molecule has 0 aliphatic carbocycles. The Bertz CT molecular complexity index is 489. The molecule has 0 saturated carbocycles. The molecule has 17 heavy (non-hydrogen) atoms. The molecule has 2 aromatic rings. The highest BCUT2D eigenvalue weighted by Gasteiger charge is 2.08. The topological polar surface area (TPSA) is 0 Å². The molecule has 1 atom stereocenters. The van der Waals surface area contributed by atoms with Crippen molar-refractivity contribution in [3.63, 3.8) is 0 Å². The molecule has 88 valence electrons. The molecular weight excluding hydrogens is 340 g/mol. The second kappa shape index (κ2) is 5.83. The van der Waals surface area contributed by atoms with Gasteiger partial charge in [0.15, 0.2) is 0 Å². The Kier molecular flexibility index (Phi) is 4.41. The average molecular weight is 354 g/mol. The van der Waals surface area contributed by atoms with Crippen molar-refractivity contribution in [1.82, 2.24) is 0 Å². The molecule has 0 saturated heterocycles. The van der Waals surface area contributed by atoms with Crippen molar-refractivity contribution in [2.24, 2.45) is 0 Å². The summed E-state index contributed by atoms with van der Waals surface area (Å²) < 4.78 is 1.14. The van der Waals surface area contributed by atoms with Gasteiger partial charge in [-0.25, -0.2) is 0 Å². The minimum atomic E-state index is 0.373. The Balaban J connectivity index is 2.11. The zero-order chi connectivity index (χ0) is 12.3. The number of aryl methyl sites for hydroxylation is 1. The van der Waals surface area contributed by atoms with E-state index in [9.17, 15) is 0 Å². The van der Waals surface area contributed by atoms with E-state index in [-0.39, 0.29) is 0 Å². The highest BCUT2D eigenvalue weighted by molar-refractivity contribution is 9.10. The molecule has 0 fully saturated rings. The molecule has 0 heterocycles. The van der Waals surface area contributed by atoms with Gasteiger partial charge in [-0.3, -0.25) is 0 Å². The Morgan fingerprint density at radius 2 is 1.76 bits per heavy atom. The van der Waals surface area contributed by atoms with Crippen LogP contribution in [0.3, 0.4) is 0 Å². The third kappa shape index (κ3) is 3.68. The summed E-state index contributed by atoms with van der Waals surface area (Å²) in [5, 5.41) is 0. The summed E-state index contributed by atoms with van der Waals surface area (Å²) in [7, 11) is 0. The van der Waals surface area contributed by atoms with E-state index in [1.807, 2.05) is 0 Å². The molecule has 0 radical (unpaired) electrons. The molecule has 0 amide bonds. The molecular formula is C15H14Br2. The summed E-state index contributed by atoms with van der Waals surface area (Å²) in [6, 6.07) is 17.1. The van der Waals surface area contributed by atoms with Gasteiger partial charge in [0, 0.05) is 9.30 Å². The van der Waals surface area contributed by atoms with Gasteiger partial charge in [0.05, 0.1) is 0 Å². The molecule has 2 aromatic carbocycles. The Labute approximate surface area is 119 Å². The van der Waals surface area contributed by atoms with Gasteiger partial charge in [0.2, 0.25) is 0 Å². The maximum absolute atomic E-state index is 3.76. The quantitative estimate of drug-likeness (QED) is 0.645. The lowest BCUT2D eigenvalue weighted by atomic mass is 10.0. The molecule has 0 aliphatic heterocycles. The van der Waals surface area contributed by atoms with Gasteiger partial charge in [-0.2, -0.15) is 0 Å². The van der Waals surface area contributed by atoms with Gasteiger partial charge < -0.3 is 0 Å². The maximum Gasteiger partial charge on any atom is 0.0435 e. The van der Waals surface area contributed by atoms with Crippen LogP contribution in [-0.2, 0) is 6.42 Å². The first kappa shape index (κ1) is 12.8. The van der Waals surface area contributed by atoms with E-state index in [2.05, 4.69) is 87.3 Å². The molecule has 0 N–H and O–H groups in total. The standard InChI is InChI=1S/C15H14Br2/c1-11-5-7-13(8-6-11)15(17)10-12-3-2-4-14(16)9-12/h2-9,15H,10H2,1H3. The van der Waals surface area contributed by atoms with Gasteiger partial charge >= 0.3 is 0 Å². The van der Waals surface area contributed by atoms with E-state index in [0.29, 0.717) is 4.83 Å². The van der Waals surface area contributed by atoms with Crippen molar-refractivity contribution >= 4 is 31.9 Å². The van der Waals surface area contributed by atoms with E-state index in [4.69, 9.17) is 0 Å². The number of hydrogen-bond acceptors (Lipinski definition) is 0. The number of alkyl halides is 1. The van der Waals surface area contributed by atoms with Crippen LogP contribution in [0.5, 0.6) is 0 Å². The van der Waals surface area contributed by atoms with Crippen LogP contribution < -0.4 is 0 Å². The van der Waals surface area contributed by atoms with Crippen molar-refractivity contribution in [3.05, 3.63) is 69.7 Å². The van der Waals surface area contributed by atoms with Gasteiger partial charge in [-0.15, -0.1) is 0 Å². The van der Waals surface area contributed by atoms with E-state index in [1.165, 1.54) is 16.7 Å². The van der Waals surface area contributed by atoms with Crippen LogP contribution in [0.25, 0.3) is 0 Å². The van der Waals surface area contributed by atoms with Crippen LogP contribution in [0.15, 0.2) is 53.0 Å². The normalized spacial score (nSPS) is 12.4. The Morgan fingerprint density at radius 3 is 2.41 bits per heavy atom. The van der Waals surface area contributed by atoms with Crippen molar-refractivity contribution in [1.29, 1.82) is 0 Å². The predicted molar refractivity (Wildman–Crippen MR) is 80.7 cm³/mol. The molecule has 0 nitrogen and oxygen atoms in total. The molecule has 1 unspecified atom stereocenters. The summed E-state index contributed by atoms with van der Waals surface area (Å²) in [6.07, 6.45) is 1.00. The van der Waals surface area contributed by atoms with Gasteiger partial charge in [0.1, 0.15) is 0 Å². The molecule has 0 aliphatic rings. The zero-order valence-electron chi connectivity index (χ0n) is 9.66. The molecule has 2 heteroatoms. The first-order valence-electron chi connectivity index (χ1n) is 5.60. The van der Waals surface area contributed by atoms with E-state index >= 15 is 0 Å². The fraction of sp³-hybridized carbons (Fsp3) is 0.200. The third-order valence-corrected chi connectivity index (χ3v) is 4.09. The summed E-state index contributed by atoms with van der Waals surface area (Å²) in [5.41, 5.74) is 3.97. The van der Waals surface area contributed by atoms with Crippen molar-refractivity contribution in [3.8, 4) is 0 Å². The van der Waals surface area contributed by atoms with Crippen LogP contribution in [0.2, 0.25) is 0 Å². The van der Waals surface area contributed by atoms with E-state index < -0.39 is 0 Å². The number of hydrogen-bond donors (Lipinski definition) is 0. The SMILES string of the molecule is Cc1ccc(C(Br)Cc2cccc(Br)c2)cc1. The van der Waals surface area contributed by atoms with Gasteiger partial charge in [0.25, 0.3) is 0 Å². The largest absolute Gasteiger partial charge is 0.0835 e. The summed E-state index contributed by atoms with van der Waals surface area (Å²) in [5.74, 6) is 0. The van der Waals surface area contributed by atoms with Crippen LogP contribution in [0.4, 0.5) is 0 Å². The van der Waals surface area contributed by atoms with Crippen molar-refractivity contribution < 1.29 is 0 Å². The van der Waals surface area contributed by atoms with Crippen LogP contribution in [-0.4, -0.2) is 0 Å². The highest BCUT2D eigenvalue weighted by Crippen LogP contribution is 2.28.